The highest BCUT2D eigenvalue weighted by Gasteiger charge is 2.16. The monoisotopic (exact) mass is 482 g/mol. The number of aliphatic hydroxyl groups is 2. The van der Waals surface area contributed by atoms with Crippen LogP contribution >= 0.6 is 11.3 Å². The third-order valence-electron chi connectivity index (χ3n) is 5.74. The van der Waals surface area contributed by atoms with Gasteiger partial charge in [0, 0.05) is 15.2 Å². The molecule has 34 heavy (non-hydrogen) atoms. The normalized spacial score (nSPS) is 12.9. The number of rotatable bonds is 13. The van der Waals surface area contributed by atoms with Gasteiger partial charge in [-0.1, -0.05) is 37.8 Å². The van der Waals surface area contributed by atoms with Crippen LogP contribution in [0, 0.1) is 0 Å². The predicted molar refractivity (Wildman–Crippen MR) is 138 cm³/mol. The van der Waals surface area contributed by atoms with Gasteiger partial charge in [-0.2, -0.15) is 0 Å². The van der Waals surface area contributed by atoms with E-state index in [-0.39, 0.29) is 6.61 Å². The number of benzene rings is 2. The van der Waals surface area contributed by atoms with Gasteiger partial charge in [-0.15, -0.1) is 11.3 Å². The van der Waals surface area contributed by atoms with E-state index in [2.05, 4.69) is 56.0 Å². The van der Waals surface area contributed by atoms with Crippen molar-refractivity contribution in [1.82, 2.24) is 0 Å². The lowest BCUT2D eigenvalue weighted by atomic mass is 10.0. The largest absolute Gasteiger partial charge is 0.494 e. The van der Waals surface area contributed by atoms with E-state index in [9.17, 15) is 15.0 Å². The fraction of sp³-hybridized carbons (Fsp3) is 0.393. The van der Waals surface area contributed by atoms with Gasteiger partial charge in [0.2, 0.25) is 0 Å². The molecule has 0 bridgehead atoms. The molecule has 3 aromatic rings. The van der Waals surface area contributed by atoms with E-state index in [0.29, 0.717) is 37.9 Å². The van der Waals surface area contributed by atoms with Crippen molar-refractivity contribution in [2.75, 3.05) is 13.2 Å². The molecule has 2 unspecified atom stereocenters. The zero-order valence-corrected chi connectivity index (χ0v) is 20.8. The first-order valence-corrected chi connectivity index (χ1v) is 12.6. The van der Waals surface area contributed by atoms with E-state index in [0.717, 1.165) is 12.2 Å². The molecular weight excluding hydrogens is 448 g/mol. The maximum Gasteiger partial charge on any atom is 0.333 e. The zero-order chi connectivity index (χ0) is 24.5. The molecule has 2 atom stereocenters. The molecule has 0 spiro atoms. The molecule has 0 aliphatic rings. The molecule has 182 valence electrons. The Morgan fingerprint density at radius 2 is 1.74 bits per heavy atom. The molecule has 5 nitrogen and oxygen atoms in total. The van der Waals surface area contributed by atoms with Crippen LogP contribution in [-0.2, 0) is 16.0 Å². The Morgan fingerprint density at radius 1 is 1.03 bits per heavy atom. The maximum atomic E-state index is 11.3. The molecule has 3 rings (SSSR count). The summed E-state index contributed by atoms with van der Waals surface area (Å²) in [7, 11) is 0. The maximum absolute atomic E-state index is 11.3. The van der Waals surface area contributed by atoms with E-state index in [1.54, 1.807) is 18.3 Å². The van der Waals surface area contributed by atoms with Crippen LogP contribution < -0.4 is 4.74 Å². The van der Waals surface area contributed by atoms with Gasteiger partial charge in [0.05, 0.1) is 25.4 Å². The van der Waals surface area contributed by atoms with Crippen molar-refractivity contribution in [3.63, 3.8) is 0 Å². The molecule has 0 radical (unpaired) electrons. The van der Waals surface area contributed by atoms with Gasteiger partial charge in [0.15, 0.2) is 0 Å². The number of thiophene rings is 1. The Morgan fingerprint density at radius 3 is 2.44 bits per heavy atom. The number of hydrogen-bond acceptors (Lipinski definition) is 6. The molecule has 2 N–H and O–H groups in total. The topological polar surface area (TPSA) is 76.0 Å². The summed E-state index contributed by atoms with van der Waals surface area (Å²) in [5, 5.41) is 21.5. The van der Waals surface area contributed by atoms with E-state index >= 15 is 0 Å². The van der Waals surface area contributed by atoms with Crippen LogP contribution in [0.1, 0.15) is 45.1 Å². The Hall–Kier alpha value is -2.67. The number of aliphatic hydroxyl groups excluding tert-OH is 2. The first-order valence-electron chi connectivity index (χ1n) is 11.8. The SMILES string of the molecule is C=C(C)C(=O)OCCCC(O)C(O)CCCOc1ccc2cc(-c3ccccc3CC)sc2c1. The number of esters is 1. The zero-order valence-electron chi connectivity index (χ0n) is 20.0. The minimum absolute atomic E-state index is 0.204. The third kappa shape index (κ3) is 7.16. The summed E-state index contributed by atoms with van der Waals surface area (Å²) >= 11 is 1.77. The minimum Gasteiger partial charge on any atom is -0.494 e. The number of carbonyl (C=O) groups is 1. The van der Waals surface area contributed by atoms with E-state index in [4.69, 9.17) is 9.47 Å². The van der Waals surface area contributed by atoms with Crippen LogP contribution in [-0.4, -0.2) is 41.6 Å². The van der Waals surface area contributed by atoms with Crippen LogP contribution in [0.4, 0.5) is 0 Å². The molecule has 0 aliphatic heterocycles. The summed E-state index contributed by atoms with van der Waals surface area (Å²) in [6.45, 7) is 7.95. The molecule has 0 saturated carbocycles. The molecule has 0 saturated heterocycles. The quantitative estimate of drug-likeness (QED) is 0.180. The van der Waals surface area contributed by atoms with Crippen LogP contribution in [0.15, 0.2) is 60.7 Å². The Balaban J connectivity index is 1.44. The number of ether oxygens (including phenoxy) is 2. The standard InChI is InChI=1S/C28H34O5S/c1-4-20-9-5-6-10-23(20)27-17-21-13-14-22(18-26(21)34-27)32-15-7-11-24(29)25(30)12-8-16-33-28(31)19(2)3/h5-6,9-10,13-14,17-18,24-25,29-30H,2,4,7-8,11-12,15-16H2,1,3H3. The second-order valence-corrected chi connectivity index (χ2v) is 9.59. The Labute approximate surface area is 205 Å². The van der Waals surface area contributed by atoms with Crippen molar-refractivity contribution in [3.8, 4) is 16.2 Å². The summed E-state index contributed by atoms with van der Waals surface area (Å²) in [5.41, 5.74) is 2.98. The van der Waals surface area contributed by atoms with Gasteiger partial charge in [0.25, 0.3) is 0 Å². The lowest BCUT2D eigenvalue weighted by Gasteiger charge is -2.17. The summed E-state index contributed by atoms with van der Waals surface area (Å²) in [6.07, 6.45) is 1.23. The third-order valence-corrected chi connectivity index (χ3v) is 6.87. The summed E-state index contributed by atoms with van der Waals surface area (Å²) < 4.78 is 12.1. The van der Waals surface area contributed by atoms with Gasteiger partial charge in [0.1, 0.15) is 5.75 Å². The molecule has 0 fully saturated rings. The summed E-state index contributed by atoms with van der Waals surface area (Å²) in [5.74, 6) is 0.369. The Kier molecular flexibility index (Phi) is 9.69. The lowest BCUT2D eigenvalue weighted by Crippen LogP contribution is -2.26. The molecule has 0 amide bonds. The first kappa shape index (κ1) is 25.9. The average molecular weight is 483 g/mol. The number of hydrogen-bond donors (Lipinski definition) is 2. The minimum atomic E-state index is -0.851. The molecule has 1 heterocycles. The highest BCUT2D eigenvalue weighted by atomic mass is 32.1. The molecule has 0 aliphatic carbocycles. The second-order valence-electron chi connectivity index (χ2n) is 8.50. The average Bonchev–Trinajstić information content (AvgIpc) is 3.27. The molecule has 6 heteroatoms. The molecule has 2 aromatic carbocycles. The van der Waals surface area contributed by atoms with Gasteiger partial charge in [-0.3, -0.25) is 0 Å². The summed E-state index contributed by atoms with van der Waals surface area (Å²) in [4.78, 5) is 12.6. The number of carbonyl (C=O) groups excluding carboxylic acids is 1. The number of aryl methyl sites for hydroxylation is 1. The number of fused-ring (bicyclic) bond motifs is 1. The highest BCUT2D eigenvalue weighted by Crippen LogP contribution is 2.37. The Bertz CT molecular complexity index is 1100. The van der Waals surface area contributed by atoms with E-state index < -0.39 is 18.2 Å². The van der Waals surface area contributed by atoms with Gasteiger partial charge < -0.3 is 19.7 Å². The highest BCUT2D eigenvalue weighted by molar-refractivity contribution is 7.22. The fourth-order valence-corrected chi connectivity index (χ4v) is 4.90. The van der Waals surface area contributed by atoms with Crippen LogP contribution in [0.2, 0.25) is 0 Å². The summed E-state index contributed by atoms with van der Waals surface area (Å²) in [6, 6.07) is 16.9. The van der Waals surface area contributed by atoms with Gasteiger partial charge >= 0.3 is 5.97 Å². The van der Waals surface area contributed by atoms with Crippen molar-refractivity contribution in [2.24, 2.45) is 0 Å². The predicted octanol–water partition coefficient (Wildman–Crippen LogP) is 5.91. The van der Waals surface area contributed by atoms with Crippen molar-refractivity contribution in [2.45, 2.75) is 58.2 Å². The van der Waals surface area contributed by atoms with Crippen LogP contribution in [0.3, 0.4) is 0 Å². The fourth-order valence-electron chi connectivity index (χ4n) is 3.75. The van der Waals surface area contributed by atoms with E-state index in [1.807, 2.05) is 6.07 Å². The molecule has 1 aromatic heterocycles. The second kappa shape index (κ2) is 12.7. The van der Waals surface area contributed by atoms with E-state index in [1.165, 1.54) is 26.1 Å². The smallest absolute Gasteiger partial charge is 0.333 e. The van der Waals surface area contributed by atoms with Crippen molar-refractivity contribution >= 4 is 27.4 Å². The lowest BCUT2D eigenvalue weighted by molar-refractivity contribution is -0.139. The first-order chi connectivity index (χ1) is 16.4. The van der Waals surface area contributed by atoms with Crippen molar-refractivity contribution in [1.29, 1.82) is 0 Å². The van der Waals surface area contributed by atoms with Gasteiger partial charge in [-0.05, 0) is 79.8 Å². The van der Waals surface area contributed by atoms with Crippen molar-refractivity contribution < 1.29 is 24.5 Å². The van der Waals surface area contributed by atoms with Crippen LogP contribution in [0.25, 0.3) is 20.5 Å². The molecular formula is C28H34O5S. The van der Waals surface area contributed by atoms with Crippen molar-refractivity contribution in [3.05, 3.63) is 66.2 Å². The van der Waals surface area contributed by atoms with Gasteiger partial charge in [-0.25, -0.2) is 4.79 Å². The van der Waals surface area contributed by atoms with Crippen LogP contribution in [0.5, 0.6) is 5.75 Å².